The number of amides is 1. The second kappa shape index (κ2) is 11.3. The van der Waals surface area contributed by atoms with Crippen LogP contribution in [0.1, 0.15) is 50.7 Å². The molecule has 0 saturated carbocycles. The highest BCUT2D eigenvalue weighted by Crippen LogP contribution is 2.26. The van der Waals surface area contributed by atoms with Crippen LogP contribution in [-0.4, -0.2) is 37.1 Å². The van der Waals surface area contributed by atoms with Crippen molar-refractivity contribution in [1.29, 1.82) is 0 Å². The highest BCUT2D eigenvalue weighted by Gasteiger charge is 2.24. The lowest BCUT2D eigenvalue weighted by atomic mass is 10.0. The number of nitrogens with one attached hydrogen (secondary N) is 1. The fourth-order valence-corrected chi connectivity index (χ4v) is 4.58. The summed E-state index contributed by atoms with van der Waals surface area (Å²) < 4.78 is 56.4. The molecule has 2 rings (SSSR count). The molecule has 1 heterocycles. The number of alkyl carbamates (subject to hydrolysis) is 1. The molecule has 2 aromatic rings. The molecule has 184 valence electrons. The van der Waals surface area contributed by atoms with Crippen LogP contribution in [-0.2, 0) is 21.0 Å². The Hall–Kier alpha value is -2.51. The van der Waals surface area contributed by atoms with E-state index in [2.05, 4.69) is 38.1 Å². The molecule has 0 aliphatic carbocycles. The summed E-state index contributed by atoms with van der Waals surface area (Å²) in [6.45, 7) is 6.84. The largest absolute Gasteiger partial charge is 0.444 e. The van der Waals surface area contributed by atoms with Crippen LogP contribution in [0.2, 0.25) is 0 Å². The maximum absolute atomic E-state index is 13.8. The molecule has 10 heteroatoms. The summed E-state index contributed by atoms with van der Waals surface area (Å²) in [7, 11) is -3.18. The summed E-state index contributed by atoms with van der Waals surface area (Å²) in [6.07, 6.45) is 0.450. The normalized spacial score (nSPS) is 13.4. The highest BCUT2D eigenvalue weighted by molar-refractivity contribution is 9.10. The monoisotopic (exact) mass is 556 g/mol. The SMILES string of the molecule is CC(C#Cc1ccc(Br)c([C@H](Cc2cc(F)cc(F)c2)NC(=O)OC(C)(C)C)n1)CS(C)(=O)=O. The first-order valence-corrected chi connectivity index (χ1v) is 13.3. The maximum atomic E-state index is 13.8. The third kappa shape index (κ3) is 9.77. The zero-order chi connectivity index (χ0) is 25.7. The fraction of sp³-hybridized carbons (Fsp3) is 0.417. The third-order valence-corrected chi connectivity index (χ3v) is 6.03. The van der Waals surface area contributed by atoms with Crippen LogP contribution in [0.4, 0.5) is 13.6 Å². The van der Waals surface area contributed by atoms with Gasteiger partial charge >= 0.3 is 6.09 Å². The Morgan fingerprint density at radius 3 is 2.38 bits per heavy atom. The quantitative estimate of drug-likeness (QED) is 0.508. The molecule has 0 fully saturated rings. The topological polar surface area (TPSA) is 85.4 Å². The number of sulfone groups is 1. The van der Waals surface area contributed by atoms with Crippen molar-refractivity contribution in [1.82, 2.24) is 10.3 Å². The second-order valence-electron chi connectivity index (χ2n) is 9.01. The minimum Gasteiger partial charge on any atom is -0.444 e. The van der Waals surface area contributed by atoms with Gasteiger partial charge in [0.15, 0.2) is 0 Å². The van der Waals surface area contributed by atoms with E-state index in [0.717, 1.165) is 12.3 Å². The Kier molecular flexibility index (Phi) is 9.20. The van der Waals surface area contributed by atoms with Crippen LogP contribution in [0.15, 0.2) is 34.8 Å². The van der Waals surface area contributed by atoms with Gasteiger partial charge in [0.2, 0.25) is 0 Å². The van der Waals surface area contributed by atoms with Crippen LogP contribution in [0.5, 0.6) is 0 Å². The van der Waals surface area contributed by atoms with Crippen LogP contribution in [0, 0.1) is 29.4 Å². The minimum absolute atomic E-state index is 0.0287. The second-order valence-corrected chi connectivity index (χ2v) is 12.0. The molecule has 2 atom stereocenters. The molecule has 0 radical (unpaired) electrons. The lowest BCUT2D eigenvalue weighted by Crippen LogP contribution is -2.36. The Bertz CT molecular complexity index is 1200. The zero-order valence-electron chi connectivity index (χ0n) is 19.6. The molecule has 1 aromatic heterocycles. The van der Waals surface area contributed by atoms with Gasteiger partial charge in [-0.05, 0) is 78.9 Å². The summed E-state index contributed by atoms with van der Waals surface area (Å²) in [5.74, 6) is 3.74. The molecule has 34 heavy (non-hydrogen) atoms. The van der Waals surface area contributed by atoms with Crippen molar-refractivity contribution in [2.45, 2.75) is 45.8 Å². The number of halogens is 3. The van der Waals surface area contributed by atoms with E-state index in [0.29, 0.717) is 21.4 Å². The van der Waals surface area contributed by atoms with Gasteiger partial charge in [0.1, 0.15) is 32.8 Å². The molecular formula is C24H27BrF2N2O4S. The first kappa shape index (κ1) is 27.7. The van der Waals surface area contributed by atoms with E-state index in [1.165, 1.54) is 12.1 Å². The van der Waals surface area contributed by atoms with Gasteiger partial charge in [0.25, 0.3) is 0 Å². The lowest BCUT2D eigenvalue weighted by molar-refractivity contribution is 0.0502. The van der Waals surface area contributed by atoms with Gasteiger partial charge in [-0.3, -0.25) is 0 Å². The molecule has 1 N–H and O–H groups in total. The summed E-state index contributed by atoms with van der Waals surface area (Å²) in [6, 6.07) is 5.64. The molecule has 0 aliphatic rings. The number of carbonyl (C=O) groups excluding carboxylic acids is 1. The Morgan fingerprint density at radius 1 is 1.21 bits per heavy atom. The molecule has 0 saturated heterocycles. The number of hydrogen-bond acceptors (Lipinski definition) is 5. The van der Waals surface area contributed by atoms with Crippen molar-refractivity contribution < 1.29 is 26.7 Å². The van der Waals surface area contributed by atoms with Crippen molar-refractivity contribution in [3.8, 4) is 11.8 Å². The van der Waals surface area contributed by atoms with Crippen LogP contribution < -0.4 is 5.32 Å². The van der Waals surface area contributed by atoms with E-state index < -0.39 is 45.1 Å². The predicted molar refractivity (Wildman–Crippen MR) is 130 cm³/mol. The average molecular weight is 557 g/mol. The van der Waals surface area contributed by atoms with Crippen LogP contribution >= 0.6 is 15.9 Å². The van der Waals surface area contributed by atoms with E-state index >= 15 is 0 Å². The Balaban J connectivity index is 2.42. The van der Waals surface area contributed by atoms with Gasteiger partial charge in [-0.15, -0.1) is 0 Å². The fourth-order valence-electron chi connectivity index (χ4n) is 3.10. The summed E-state index contributed by atoms with van der Waals surface area (Å²) in [5.41, 5.74) is 0.274. The zero-order valence-corrected chi connectivity index (χ0v) is 22.0. The molecule has 1 aromatic carbocycles. The summed E-state index contributed by atoms with van der Waals surface area (Å²) in [5, 5.41) is 2.72. The number of carbonyl (C=O) groups is 1. The van der Waals surface area contributed by atoms with Crippen molar-refractivity contribution in [2.75, 3.05) is 12.0 Å². The highest BCUT2D eigenvalue weighted by atomic mass is 79.9. The van der Waals surface area contributed by atoms with E-state index in [-0.39, 0.29) is 12.2 Å². The number of ether oxygens (including phenoxy) is 1. The molecular weight excluding hydrogens is 530 g/mol. The molecule has 6 nitrogen and oxygen atoms in total. The van der Waals surface area contributed by atoms with Crippen molar-refractivity contribution in [2.24, 2.45) is 5.92 Å². The third-order valence-electron chi connectivity index (χ3n) is 4.26. The average Bonchev–Trinajstić information content (AvgIpc) is 2.63. The van der Waals surface area contributed by atoms with E-state index in [1.54, 1.807) is 39.8 Å². The first-order valence-electron chi connectivity index (χ1n) is 10.4. The van der Waals surface area contributed by atoms with E-state index in [9.17, 15) is 22.0 Å². The number of nitrogens with zero attached hydrogens (tertiary/aromatic N) is 1. The van der Waals surface area contributed by atoms with Crippen molar-refractivity contribution >= 4 is 31.9 Å². The van der Waals surface area contributed by atoms with Gasteiger partial charge in [-0.25, -0.2) is 27.0 Å². The first-order chi connectivity index (χ1) is 15.6. The van der Waals surface area contributed by atoms with Gasteiger partial charge in [0, 0.05) is 22.7 Å². The molecule has 0 spiro atoms. The van der Waals surface area contributed by atoms with Crippen molar-refractivity contribution in [3.05, 3.63) is 63.4 Å². The van der Waals surface area contributed by atoms with E-state index in [4.69, 9.17) is 4.74 Å². The van der Waals surface area contributed by atoms with Crippen LogP contribution in [0.25, 0.3) is 0 Å². The lowest BCUT2D eigenvalue weighted by Gasteiger charge is -2.24. The summed E-state index contributed by atoms with van der Waals surface area (Å²) >= 11 is 3.41. The maximum Gasteiger partial charge on any atom is 0.408 e. The molecule has 0 aliphatic heterocycles. The standard InChI is InChI=1S/C24H27BrF2N2O4S/c1-15(14-34(5,31)32)6-7-19-8-9-20(25)22(28-19)21(29-23(30)33-24(2,3)4)12-16-10-17(26)13-18(27)11-16/h8-11,13,15,21H,12,14H2,1-5H3,(H,29,30)/t15?,21-/m0/s1. The minimum atomic E-state index is -3.18. The number of aromatic nitrogens is 1. The Morgan fingerprint density at radius 2 is 1.82 bits per heavy atom. The Labute approximate surface area is 207 Å². The van der Waals surface area contributed by atoms with Crippen LogP contribution in [0.3, 0.4) is 0 Å². The van der Waals surface area contributed by atoms with Gasteiger partial charge < -0.3 is 10.1 Å². The van der Waals surface area contributed by atoms with Gasteiger partial charge in [-0.1, -0.05) is 12.8 Å². The molecule has 0 bridgehead atoms. The smallest absolute Gasteiger partial charge is 0.408 e. The molecule has 1 amide bonds. The number of rotatable bonds is 6. The van der Waals surface area contributed by atoms with Crippen molar-refractivity contribution in [3.63, 3.8) is 0 Å². The molecule has 1 unspecified atom stereocenters. The summed E-state index contributed by atoms with van der Waals surface area (Å²) in [4.78, 5) is 17.0. The van der Waals surface area contributed by atoms with Gasteiger partial charge in [-0.2, -0.15) is 0 Å². The number of benzene rings is 1. The predicted octanol–water partition coefficient (Wildman–Crippen LogP) is 4.96. The number of pyridine rings is 1. The van der Waals surface area contributed by atoms with E-state index in [1.807, 2.05) is 0 Å². The van der Waals surface area contributed by atoms with Gasteiger partial charge in [0.05, 0.1) is 17.5 Å². The number of hydrogen-bond donors (Lipinski definition) is 1.